The lowest BCUT2D eigenvalue weighted by Crippen LogP contribution is -2.47. The summed E-state index contributed by atoms with van der Waals surface area (Å²) in [6, 6.07) is 0. The number of aliphatic hydroxyl groups is 1. The van der Waals surface area contributed by atoms with E-state index in [4.69, 9.17) is 5.11 Å². The molecule has 0 amide bonds. The first-order chi connectivity index (χ1) is 10.8. The second-order valence-corrected chi connectivity index (χ2v) is 8.10. The Labute approximate surface area is 140 Å². The SMILES string of the molecule is CC(=CCO)CCC1(C)C2=CCCC(C)(C(=O)O)C2CCC1C. The third-order valence-corrected chi connectivity index (χ3v) is 6.77. The Morgan fingerprint density at radius 3 is 2.70 bits per heavy atom. The number of carboxylic acids is 1. The first kappa shape index (κ1) is 18.3. The normalized spacial score (nSPS) is 38.0. The summed E-state index contributed by atoms with van der Waals surface area (Å²) >= 11 is 0. The lowest BCUT2D eigenvalue weighted by atomic mass is 9.51. The van der Waals surface area contributed by atoms with Gasteiger partial charge in [0.05, 0.1) is 12.0 Å². The number of hydrogen-bond donors (Lipinski definition) is 2. The van der Waals surface area contributed by atoms with Crippen LogP contribution in [0.4, 0.5) is 0 Å². The molecule has 0 aromatic rings. The van der Waals surface area contributed by atoms with Crippen LogP contribution in [0.1, 0.15) is 66.2 Å². The summed E-state index contributed by atoms with van der Waals surface area (Å²) < 4.78 is 0. The number of carbonyl (C=O) groups is 1. The Kier molecular flexibility index (Phi) is 5.40. The van der Waals surface area contributed by atoms with Crippen LogP contribution in [0.3, 0.4) is 0 Å². The number of allylic oxidation sites excluding steroid dienone is 3. The van der Waals surface area contributed by atoms with E-state index in [0.29, 0.717) is 5.92 Å². The minimum atomic E-state index is -0.638. The van der Waals surface area contributed by atoms with Gasteiger partial charge in [-0.1, -0.05) is 37.1 Å². The highest BCUT2D eigenvalue weighted by Gasteiger charge is 2.52. The maximum absolute atomic E-state index is 11.9. The summed E-state index contributed by atoms with van der Waals surface area (Å²) in [4.78, 5) is 11.9. The molecule has 2 N–H and O–H groups in total. The molecular formula is C20H32O3. The zero-order valence-corrected chi connectivity index (χ0v) is 15.1. The molecule has 4 unspecified atom stereocenters. The fourth-order valence-electron chi connectivity index (χ4n) is 4.67. The monoisotopic (exact) mass is 320 g/mol. The molecule has 0 aromatic carbocycles. The van der Waals surface area contributed by atoms with E-state index in [2.05, 4.69) is 26.8 Å². The molecule has 3 nitrogen and oxygen atoms in total. The van der Waals surface area contributed by atoms with Crippen molar-refractivity contribution in [2.75, 3.05) is 6.61 Å². The molecule has 0 saturated heterocycles. The third-order valence-electron chi connectivity index (χ3n) is 6.77. The average Bonchev–Trinajstić information content (AvgIpc) is 2.50. The van der Waals surface area contributed by atoms with Gasteiger partial charge in [0.25, 0.3) is 0 Å². The molecule has 2 aliphatic rings. The van der Waals surface area contributed by atoms with Crippen molar-refractivity contribution >= 4 is 5.97 Å². The lowest BCUT2D eigenvalue weighted by Gasteiger charge is -2.52. The molecule has 0 heterocycles. The van der Waals surface area contributed by atoms with Crippen molar-refractivity contribution in [2.45, 2.75) is 66.2 Å². The number of rotatable bonds is 5. The minimum absolute atomic E-state index is 0.0740. The van der Waals surface area contributed by atoms with Gasteiger partial charge >= 0.3 is 5.97 Å². The van der Waals surface area contributed by atoms with E-state index in [0.717, 1.165) is 38.5 Å². The van der Waals surface area contributed by atoms with E-state index < -0.39 is 11.4 Å². The molecule has 130 valence electrons. The molecule has 2 rings (SSSR count). The number of aliphatic hydroxyl groups excluding tert-OH is 1. The van der Waals surface area contributed by atoms with Crippen molar-refractivity contribution in [1.29, 1.82) is 0 Å². The molecule has 1 saturated carbocycles. The van der Waals surface area contributed by atoms with E-state index in [1.54, 1.807) is 0 Å². The average molecular weight is 320 g/mol. The van der Waals surface area contributed by atoms with Crippen LogP contribution >= 0.6 is 0 Å². The first-order valence-corrected chi connectivity index (χ1v) is 8.96. The molecule has 1 fully saturated rings. The molecular weight excluding hydrogens is 288 g/mol. The van der Waals surface area contributed by atoms with Crippen molar-refractivity contribution < 1.29 is 15.0 Å². The third kappa shape index (κ3) is 3.26. The Hall–Kier alpha value is -1.09. The molecule has 0 spiro atoms. The van der Waals surface area contributed by atoms with E-state index >= 15 is 0 Å². The molecule has 0 bridgehead atoms. The zero-order valence-electron chi connectivity index (χ0n) is 15.1. The number of carboxylic acid groups (broad SMARTS) is 1. The number of aliphatic carboxylic acids is 1. The molecule has 0 radical (unpaired) electrons. The van der Waals surface area contributed by atoms with Crippen LogP contribution in [-0.2, 0) is 4.79 Å². The van der Waals surface area contributed by atoms with Gasteiger partial charge in [-0.05, 0) is 69.6 Å². The van der Waals surface area contributed by atoms with Gasteiger partial charge in [-0.3, -0.25) is 4.79 Å². The molecule has 4 atom stereocenters. The molecule has 23 heavy (non-hydrogen) atoms. The van der Waals surface area contributed by atoms with Gasteiger partial charge in [-0.25, -0.2) is 0 Å². The minimum Gasteiger partial charge on any atom is -0.481 e. The second-order valence-electron chi connectivity index (χ2n) is 8.10. The van der Waals surface area contributed by atoms with E-state index in [-0.39, 0.29) is 17.9 Å². The van der Waals surface area contributed by atoms with Crippen molar-refractivity contribution in [3.8, 4) is 0 Å². The van der Waals surface area contributed by atoms with Crippen LogP contribution in [0.25, 0.3) is 0 Å². The van der Waals surface area contributed by atoms with E-state index in [9.17, 15) is 9.90 Å². The second kappa shape index (κ2) is 6.80. The van der Waals surface area contributed by atoms with Crippen LogP contribution in [0.2, 0.25) is 0 Å². The quantitative estimate of drug-likeness (QED) is 0.730. The Bertz CT molecular complexity index is 519. The van der Waals surface area contributed by atoms with Gasteiger partial charge in [0, 0.05) is 0 Å². The molecule has 2 aliphatic carbocycles. The van der Waals surface area contributed by atoms with Gasteiger partial charge in [-0.15, -0.1) is 0 Å². The summed E-state index contributed by atoms with van der Waals surface area (Å²) in [5.74, 6) is 0.113. The fourth-order valence-corrected chi connectivity index (χ4v) is 4.67. The topological polar surface area (TPSA) is 57.5 Å². The van der Waals surface area contributed by atoms with Crippen LogP contribution < -0.4 is 0 Å². The predicted octanol–water partition coefficient (Wildman–Crippen LogP) is 4.57. The van der Waals surface area contributed by atoms with Gasteiger partial charge in [-0.2, -0.15) is 0 Å². The van der Waals surface area contributed by atoms with Gasteiger partial charge in [0.15, 0.2) is 0 Å². The molecule has 3 heteroatoms. The van der Waals surface area contributed by atoms with Gasteiger partial charge in [0.1, 0.15) is 0 Å². The number of hydrogen-bond acceptors (Lipinski definition) is 2. The fraction of sp³-hybridized carbons (Fsp3) is 0.750. The van der Waals surface area contributed by atoms with Crippen molar-refractivity contribution in [3.63, 3.8) is 0 Å². The summed E-state index contributed by atoms with van der Waals surface area (Å²) in [6.07, 6.45) is 9.96. The lowest BCUT2D eigenvalue weighted by molar-refractivity contribution is -0.152. The van der Waals surface area contributed by atoms with Gasteiger partial charge in [0.2, 0.25) is 0 Å². The Morgan fingerprint density at radius 2 is 2.09 bits per heavy atom. The van der Waals surface area contributed by atoms with Crippen LogP contribution in [0.5, 0.6) is 0 Å². The summed E-state index contributed by atoms with van der Waals surface area (Å²) in [7, 11) is 0. The van der Waals surface area contributed by atoms with Gasteiger partial charge < -0.3 is 10.2 Å². The number of fused-ring (bicyclic) bond motifs is 1. The molecule has 0 aromatic heterocycles. The maximum atomic E-state index is 11.9. The summed E-state index contributed by atoms with van der Waals surface area (Å²) in [6.45, 7) is 8.76. The van der Waals surface area contributed by atoms with E-state index in [1.165, 1.54) is 11.1 Å². The summed E-state index contributed by atoms with van der Waals surface area (Å²) in [5, 5.41) is 18.9. The highest BCUT2D eigenvalue weighted by atomic mass is 16.4. The van der Waals surface area contributed by atoms with Crippen molar-refractivity contribution in [3.05, 3.63) is 23.3 Å². The van der Waals surface area contributed by atoms with Crippen LogP contribution in [-0.4, -0.2) is 22.8 Å². The first-order valence-electron chi connectivity index (χ1n) is 8.96. The Balaban J connectivity index is 2.29. The highest BCUT2D eigenvalue weighted by Crippen LogP contribution is 2.58. The van der Waals surface area contributed by atoms with Crippen molar-refractivity contribution in [1.82, 2.24) is 0 Å². The Morgan fingerprint density at radius 1 is 1.39 bits per heavy atom. The van der Waals surface area contributed by atoms with Crippen molar-refractivity contribution in [2.24, 2.45) is 22.7 Å². The molecule has 0 aliphatic heterocycles. The van der Waals surface area contributed by atoms with Crippen LogP contribution in [0, 0.1) is 22.7 Å². The highest BCUT2D eigenvalue weighted by molar-refractivity contribution is 5.75. The van der Waals surface area contributed by atoms with Crippen LogP contribution in [0.15, 0.2) is 23.3 Å². The standard InChI is InChI=1S/C20H32O3/c1-14(10-13-21)9-12-19(3)15(2)7-8-17-16(19)6-5-11-20(17,4)18(22)23/h6,10,15,17,21H,5,7-9,11-13H2,1-4H3,(H,22,23). The smallest absolute Gasteiger partial charge is 0.309 e. The largest absolute Gasteiger partial charge is 0.481 e. The predicted molar refractivity (Wildman–Crippen MR) is 93.1 cm³/mol. The maximum Gasteiger partial charge on any atom is 0.309 e. The zero-order chi connectivity index (χ0) is 17.3. The van der Waals surface area contributed by atoms with E-state index in [1.807, 2.05) is 13.0 Å². The summed E-state index contributed by atoms with van der Waals surface area (Å²) in [5.41, 5.74) is 2.08.